The fourth-order valence-corrected chi connectivity index (χ4v) is 13.9. The summed E-state index contributed by atoms with van der Waals surface area (Å²) in [6, 6.07) is 0. The first-order valence-corrected chi connectivity index (χ1v) is 18.8. The normalized spacial score (nSPS) is 49.6. The van der Waals surface area contributed by atoms with E-state index in [1.807, 2.05) is 20.8 Å². The van der Waals surface area contributed by atoms with E-state index in [0.29, 0.717) is 37.0 Å². The summed E-state index contributed by atoms with van der Waals surface area (Å²) in [5.41, 5.74) is -5.60. The van der Waals surface area contributed by atoms with Gasteiger partial charge in [0.05, 0.1) is 5.41 Å². The molecule has 0 radical (unpaired) electrons. The zero-order valence-electron chi connectivity index (χ0n) is 30.0. The van der Waals surface area contributed by atoms with E-state index in [2.05, 4.69) is 13.8 Å². The lowest BCUT2D eigenvalue weighted by Crippen LogP contribution is -2.67. The van der Waals surface area contributed by atoms with Crippen LogP contribution in [0, 0.1) is 87.3 Å². The van der Waals surface area contributed by atoms with Crippen molar-refractivity contribution >= 4 is 5.97 Å². The van der Waals surface area contributed by atoms with Crippen molar-refractivity contribution in [3.63, 3.8) is 0 Å². The van der Waals surface area contributed by atoms with Gasteiger partial charge < -0.3 is 4.74 Å². The van der Waals surface area contributed by atoms with Crippen LogP contribution >= 0.6 is 0 Å². The van der Waals surface area contributed by atoms with Gasteiger partial charge >= 0.3 is 18.3 Å². The highest BCUT2D eigenvalue weighted by Gasteiger charge is 2.77. The van der Waals surface area contributed by atoms with Gasteiger partial charge in [-0.1, -0.05) is 34.6 Å². The molecule has 8 saturated carbocycles. The molecule has 11 unspecified atom stereocenters. The molecule has 0 aromatic heterocycles. The van der Waals surface area contributed by atoms with Gasteiger partial charge in [0.15, 0.2) is 5.41 Å². The lowest BCUT2D eigenvalue weighted by Gasteiger charge is -2.66. The van der Waals surface area contributed by atoms with Crippen LogP contribution in [0.5, 0.6) is 0 Å². The molecule has 0 aromatic rings. The second-order valence-corrected chi connectivity index (χ2v) is 18.8. The molecule has 276 valence electrons. The molecule has 0 aliphatic heterocycles. The van der Waals surface area contributed by atoms with Crippen LogP contribution in [0.3, 0.4) is 0 Å². The van der Waals surface area contributed by atoms with Crippen LogP contribution < -0.4 is 0 Å². The van der Waals surface area contributed by atoms with Crippen LogP contribution in [0.4, 0.5) is 26.3 Å². The molecule has 0 heterocycles. The predicted molar refractivity (Wildman–Crippen MR) is 169 cm³/mol. The number of esters is 1. The van der Waals surface area contributed by atoms with Crippen LogP contribution in [0.1, 0.15) is 120 Å². The minimum Gasteiger partial charge on any atom is -0.459 e. The first-order chi connectivity index (χ1) is 22.1. The Balaban J connectivity index is 0.000000178. The summed E-state index contributed by atoms with van der Waals surface area (Å²) in [7, 11) is 0. The summed E-state index contributed by atoms with van der Waals surface area (Å²) >= 11 is 0. The van der Waals surface area contributed by atoms with E-state index in [0.717, 1.165) is 25.7 Å². The maximum atomic E-state index is 14.9. The zero-order chi connectivity index (χ0) is 35.6. The monoisotopic (exact) mass is 692 g/mol. The summed E-state index contributed by atoms with van der Waals surface area (Å²) in [6.07, 6.45) is -2.73. The standard InChI is InChI=1S/C23H35F3O2.C15H23F3O2/c1-4-21(17-6-14-5-15(8-17)9-18(21)7-14)20(28-27)22(23(24,25)26)11-16-10-19(22)13(3)12(16)2;1-8-9(2)11-6-10(8)7-14(11,15(16,17)18)12(19)20-13(3,4)5/h12-20,27H,4-11H2,1-3H3;8-11H,6-7H2,1-5H3. The number of halogens is 6. The minimum absolute atomic E-state index is 0.0239. The molecule has 10 heteroatoms. The van der Waals surface area contributed by atoms with Crippen LogP contribution in [0.25, 0.3) is 0 Å². The van der Waals surface area contributed by atoms with Gasteiger partial charge in [-0.05, 0) is 156 Å². The number of hydrogen-bond acceptors (Lipinski definition) is 4. The number of fused-ring (bicyclic) bond motifs is 4. The number of carbonyl (C=O) groups excluding carboxylic acids is 1. The van der Waals surface area contributed by atoms with Crippen LogP contribution in [0.15, 0.2) is 0 Å². The Kier molecular flexibility index (Phi) is 8.99. The molecule has 0 amide bonds. The molecule has 8 aliphatic rings. The molecule has 0 spiro atoms. The van der Waals surface area contributed by atoms with Gasteiger partial charge in [-0.15, -0.1) is 0 Å². The fourth-order valence-electron chi connectivity index (χ4n) is 13.9. The molecule has 8 rings (SSSR count). The summed E-state index contributed by atoms with van der Waals surface area (Å²) in [5, 5.41) is 10.2. The highest BCUT2D eigenvalue weighted by atomic mass is 19.4. The van der Waals surface area contributed by atoms with Gasteiger partial charge in [0.2, 0.25) is 0 Å². The Morgan fingerprint density at radius 3 is 1.56 bits per heavy atom. The van der Waals surface area contributed by atoms with Crippen molar-refractivity contribution in [2.75, 3.05) is 0 Å². The summed E-state index contributed by atoms with van der Waals surface area (Å²) < 4.78 is 91.1. The van der Waals surface area contributed by atoms with Gasteiger partial charge in [-0.3, -0.25) is 10.1 Å². The SMILES string of the molecule is CC1C2CC(C1C)C(C(=O)OC(C)(C)C)(C(F)(F)F)C2.CCC1(C(OO)C2(C(F)(F)F)CC3CC2C(C)C3C)C2CC3CC(C2)CC1C3. The van der Waals surface area contributed by atoms with Crippen LogP contribution in [-0.2, 0) is 14.4 Å². The number of hydrogen-bond donors (Lipinski definition) is 1. The van der Waals surface area contributed by atoms with Crippen molar-refractivity contribution in [3.8, 4) is 0 Å². The Morgan fingerprint density at radius 2 is 1.21 bits per heavy atom. The second-order valence-electron chi connectivity index (χ2n) is 18.8. The lowest BCUT2D eigenvalue weighted by atomic mass is 9.40. The molecule has 0 saturated heterocycles. The molecule has 1 N–H and O–H groups in total. The van der Waals surface area contributed by atoms with Gasteiger partial charge in [-0.25, -0.2) is 4.89 Å². The van der Waals surface area contributed by atoms with E-state index in [9.17, 15) is 36.4 Å². The predicted octanol–water partition coefficient (Wildman–Crippen LogP) is 10.7. The van der Waals surface area contributed by atoms with E-state index >= 15 is 0 Å². The van der Waals surface area contributed by atoms with E-state index < -0.39 is 58.1 Å². The topological polar surface area (TPSA) is 55.8 Å². The van der Waals surface area contributed by atoms with Gasteiger partial charge in [0.25, 0.3) is 0 Å². The minimum atomic E-state index is -4.54. The van der Waals surface area contributed by atoms with Gasteiger partial charge in [-0.2, -0.15) is 26.3 Å². The smallest absolute Gasteiger partial charge is 0.405 e. The van der Waals surface area contributed by atoms with Crippen molar-refractivity contribution in [3.05, 3.63) is 0 Å². The number of ether oxygens (including phenoxy) is 1. The second kappa shape index (κ2) is 11.7. The number of alkyl halides is 6. The average Bonchev–Trinajstić information content (AvgIpc) is 3.70. The van der Waals surface area contributed by atoms with Crippen LogP contribution in [-0.4, -0.2) is 35.3 Å². The summed E-state index contributed by atoms with van der Waals surface area (Å²) in [4.78, 5) is 17.4. The third-order valence-corrected chi connectivity index (χ3v) is 16.1. The molecule has 11 atom stereocenters. The largest absolute Gasteiger partial charge is 0.459 e. The van der Waals surface area contributed by atoms with Crippen molar-refractivity contribution in [1.82, 2.24) is 0 Å². The van der Waals surface area contributed by atoms with E-state index in [1.54, 1.807) is 20.8 Å². The molecular formula is C38H58F6O4. The highest BCUT2D eigenvalue weighted by molar-refractivity contribution is 5.79. The Labute approximate surface area is 282 Å². The van der Waals surface area contributed by atoms with Crippen molar-refractivity contribution in [1.29, 1.82) is 0 Å². The number of rotatable bonds is 5. The van der Waals surface area contributed by atoms with Crippen molar-refractivity contribution < 1.29 is 46.0 Å². The van der Waals surface area contributed by atoms with Crippen LogP contribution in [0.2, 0.25) is 0 Å². The van der Waals surface area contributed by atoms with Gasteiger partial charge in [0, 0.05) is 5.41 Å². The Hall–Kier alpha value is -1.03. The molecule has 4 nitrogen and oxygen atoms in total. The number of carbonyl (C=O) groups is 1. The summed E-state index contributed by atoms with van der Waals surface area (Å²) in [5.74, 6) is 0.361. The third-order valence-electron chi connectivity index (χ3n) is 16.1. The molecular weight excluding hydrogens is 634 g/mol. The van der Waals surface area contributed by atoms with Crippen molar-refractivity contribution in [2.24, 2.45) is 87.3 Å². The van der Waals surface area contributed by atoms with Crippen molar-refractivity contribution in [2.45, 2.75) is 144 Å². The molecule has 8 fully saturated rings. The Morgan fingerprint density at radius 1 is 0.729 bits per heavy atom. The zero-order valence-corrected chi connectivity index (χ0v) is 30.0. The lowest BCUT2D eigenvalue weighted by molar-refractivity contribution is -0.404. The Bertz CT molecular complexity index is 1190. The van der Waals surface area contributed by atoms with E-state index in [-0.39, 0.29) is 54.3 Å². The summed E-state index contributed by atoms with van der Waals surface area (Å²) in [6.45, 7) is 14.8. The highest BCUT2D eigenvalue weighted by Crippen LogP contribution is 2.75. The molecule has 8 aliphatic carbocycles. The maximum absolute atomic E-state index is 14.9. The van der Waals surface area contributed by atoms with Gasteiger partial charge in [0.1, 0.15) is 11.7 Å². The quantitative estimate of drug-likeness (QED) is 0.135. The maximum Gasteiger partial charge on any atom is 0.405 e. The molecule has 48 heavy (non-hydrogen) atoms. The average molecular weight is 693 g/mol. The van der Waals surface area contributed by atoms with E-state index in [1.165, 1.54) is 6.42 Å². The fraction of sp³-hybridized carbons (Fsp3) is 0.974. The third kappa shape index (κ3) is 5.07. The first-order valence-electron chi connectivity index (χ1n) is 18.8. The molecule has 8 bridgehead atoms. The molecule has 0 aromatic carbocycles. The van der Waals surface area contributed by atoms with E-state index in [4.69, 9.17) is 9.62 Å². The first kappa shape index (κ1) is 36.8.